The van der Waals surface area contributed by atoms with Crippen LogP contribution >= 0.6 is 0 Å². The molecule has 130 valence electrons. The highest BCUT2D eigenvalue weighted by atomic mass is 16.5. The van der Waals surface area contributed by atoms with E-state index in [0.717, 1.165) is 35.4 Å². The molecule has 0 saturated heterocycles. The molecular weight excluding hydrogens is 316 g/mol. The fraction of sp³-hybridized carbons (Fsp3) is 0.316. The van der Waals surface area contributed by atoms with E-state index in [1.807, 2.05) is 55.1 Å². The maximum atomic E-state index is 12.3. The third kappa shape index (κ3) is 4.35. The van der Waals surface area contributed by atoms with Crippen LogP contribution in [0.3, 0.4) is 0 Å². The average Bonchev–Trinajstić information content (AvgIpc) is 3.23. The molecule has 0 aliphatic carbocycles. The maximum absolute atomic E-state index is 12.3. The molecule has 2 aromatic heterocycles. The Bertz CT molecular complexity index is 817. The number of hydrogen-bond donors (Lipinski definition) is 1. The first-order valence-electron chi connectivity index (χ1n) is 8.40. The lowest BCUT2D eigenvalue weighted by Gasteiger charge is -2.07. The van der Waals surface area contributed by atoms with E-state index < -0.39 is 0 Å². The van der Waals surface area contributed by atoms with Crippen LogP contribution in [0.1, 0.15) is 39.4 Å². The Morgan fingerprint density at radius 3 is 2.88 bits per heavy atom. The number of benzene rings is 1. The van der Waals surface area contributed by atoms with Crippen LogP contribution in [0.5, 0.6) is 0 Å². The third-order valence-electron chi connectivity index (χ3n) is 4.16. The van der Waals surface area contributed by atoms with Gasteiger partial charge in [0, 0.05) is 30.1 Å². The highest BCUT2D eigenvalue weighted by molar-refractivity contribution is 5.94. The third-order valence-corrected chi connectivity index (χ3v) is 4.16. The van der Waals surface area contributed by atoms with Crippen LogP contribution in [0.4, 0.5) is 0 Å². The van der Waals surface area contributed by atoms with Gasteiger partial charge in [-0.3, -0.25) is 9.48 Å². The summed E-state index contributed by atoms with van der Waals surface area (Å²) in [7, 11) is 0. The highest BCUT2D eigenvalue weighted by Crippen LogP contribution is 2.14. The van der Waals surface area contributed by atoms with Crippen molar-refractivity contribution < 1.29 is 9.32 Å². The van der Waals surface area contributed by atoms with Crippen LogP contribution in [0.25, 0.3) is 0 Å². The molecule has 6 heteroatoms. The number of nitrogens with zero attached hydrogens (tertiary/aromatic N) is 3. The lowest BCUT2D eigenvalue weighted by molar-refractivity contribution is 0.0953. The van der Waals surface area contributed by atoms with Crippen molar-refractivity contribution in [2.24, 2.45) is 0 Å². The minimum atomic E-state index is -0.0546. The molecule has 1 amide bonds. The van der Waals surface area contributed by atoms with Gasteiger partial charge < -0.3 is 9.84 Å². The Hall–Kier alpha value is -2.89. The molecule has 0 unspecified atom stereocenters. The number of aromatic nitrogens is 3. The summed E-state index contributed by atoms with van der Waals surface area (Å²) in [5.41, 5.74) is 3.78. The SMILES string of the molecule is Cc1noc(C)c1CCCNC(=O)c1cccc(Cn2cccn2)c1. The van der Waals surface area contributed by atoms with Crippen molar-refractivity contribution in [1.82, 2.24) is 20.3 Å². The van der Waals surface area contributed by atoms with Crippen LogP contribution in [0.2, 0.25) is 0 Å². The first-order chi connectivity index (χ1) is 12.1. The summed E-state index contributed by atoms with van der Waals surface area (Å²) in [5, 5.41) is 11.1. The lowest BCUT2D eigenvalue weighted by Crippen LogP contribution is -2.25. The molecule has 0 radical (unpaired) electrons. The van der Waals surface area contributed by atoms with Crippen LogP contribution in [-0.2, 0) is 13.0 Å². The van der Waals surface area contributed by atoms with Gasteiger partial charge in [0.2, 0.25) is 0 Å². The average molecular weight is 338 g/mol. The molecule has 0 saturated carbocycles. The van der Waals surface area contributed by atoms with Crippen molar-refractivity contribution in [3.8, 4) is 0 Å². The summed E-state index contributed by atoms with van der Waals surface area (Å²) in [6.45, 7) is 5.13. The standard InChI is InChI=1S/C19H22N4O2/c1-14-18(15(2)25-22-14)8-4-9-20-19(24)17-7-3-6-16(12-17)13-23-11-5-10-21-23/h3,5-7,10-12H,4,8-9,13H2,1-2H3,(H,20,24). The number of carbonyl (C=O) groups is 1. The molecule has 0 spiro atoms. The first-order valence-corrected chi connectivity index (χ1v) is 8.40. The first kappa shape index (κ1) is 17.0. The van der Waals surface area contributed by atoms with Crippen molar-refractivity contribution >= 4 is 5.91 Å². The van der Waals surface area contributed by atoms with Crippen LogP contribution < -0.4 is 5.32 Å². The Balaban J connectivity index is 1.51. The Kier molecular flexibility index (Phi) is 5.28. The number of aryl methyl sites for hydroxylation is 2. The van der Waals surface area contributed by atoms with Gasteiger partial charge >= 0.3 is 0 Å². The number of carbonyl (C=O) groups excluding carboxylic acids is 1. The zero-order chi connectivity index (χ0) is 17.6. The molecule has 0 aliphatic heterocycles. The van der Waals surface area contributed by atoms with Crippen molar-refractivity contribution in [2.75, 3.05) is 6.54 Å². The molecule has 0 bridgehead atoms. The van der Waals surface area contributed by atoms with Crippen LogP contribution in [0, 0.1) is 13.8 Å². The van der Waals surface area contributed by atoms with Gasteiger partial charge in [0.15, 0.2) is 0 Å². The van der Waals surface area contributed by atoms with Gasteiger partial charge in [0.05, 0.1) is 12.2 Å². The summed E-state index contributed by atoms with van der Waals surface area (Å²) in [6, 6.07) is 9.52. The lowest BCUT2D eigenvalue weighted by atomic mass is 10.1. The van der Waals surface area contributed by atoms with Gasteiger partial charge in [-0.15, -0.1) is 0 Å². The molecule has 0 fully saturated rings. The van der Waals surface area contributed by atoms with Gasteiger partial charge in [0.1, 0.15) is 5.76 Å². The fourth-order valence-electron chi connectivity index (χ4n) is 2.82. The van der Waals surface area contributed by atoms with Crippen molar-refractivity contribution in [3.05, 3.63) is 70.9 Å². The fourth-order valence-corrected chi connectivity index (χ4v) is 2.82. The predicted molar refractivity (Wildman–Crippen MR) is 94.4 cm³/mol. The molecule has 3 rings (SSSR count). The molecule has 3 aromatic rings. The molecule has 2 heterocycles. The zero-order valence-electron chi connectivity index (χ0n) is 14.5. The summed E-state index contributed by atoms with van der Waals surface area (Å²) >= 11 is 0. The quantitative estimate of drug-likeness (QED) is 0.672. The number of amides is 1. The van der Waals surface area contributed by atoms with E-state index >= 15 is 0 Å². The highest BCUT2D eigenvalue weighted by Gasteiger charge is 2.09. The van der Waals surface area contributed by atoms with Gasteiger partial charge in [-0.1, -0.05) is 17.3 Å². The molecule has 0 aliphatic rings. The van der Waals surface area contributed by atoms with E-state index in [1.54, 1.807) is 6.20 Å². The van der Waals surface area contributed by atoms with E-state index in [2.05, 4.69) is 15.6 Å². The van der Waals surface area contributed by atoms with E-state index in [0.29, 0.717) is 18.7 Å². The van der Waals surface area contributed by atoms with Gasteiger partial charge in [-0.2, -0.15) is 5.10 Å². The largest absolute Gasteiger partial charge is 0.361 e. The smallest absolute Gasteiger partial charge is 0.251 e. The molecule has 0 atom stereocenters. The second-order valence-corrected chi connectivity index (χ2v) is 6.07. The molecule has 1 aromatic carbocycles. The number of rotatable bonds is 7. The van der Waals surface area contributed by atoms with E-state index in [4.69, 9.17) is 4.52 Å². The summed E-state index contributed by atoms with van der Waals surface area (Å²) < 4.78 is 6.99. The van der Waals surface area contributed by atoms with Gasteiger partial charge in [-0.25, -0.2) is 0 Å². The maximum Gasteiger partial charge on any atom is 0.251 e. The van der Waals surface area contributed by atoms with Crippen molar-refractivity contribution in [1.29, 1.82) is 0 Å². The normalized spacial score (nSPS) is 10.8. The second kappa shape index (κ2) is 7.79. The summed E-state index contributed by atoms with van der Waals surface area (Å²) in [6.07, 6.45) is 5.35. The van der Waals surface area contributed by atoms with Gasteiger partial charge in [-0.05, 0) is 50.5 Å². The van der Waals surface area contributed by atoms with Crippen molar-refractivity contribution in [3.63, 3.8) is 0 Å². The monoisotopic (exact) mass is 338 g/mol. The second-order valence-electron chi connectivity index (χ2n) is 6.07. The van der Waals surface area contributed by atoms with E-state index in [1.165, 1.54) is 0 Å². The number of hydrogen-bond acceptors (Lipinski definition) is 4. The molecule has 6 nitrogen and oxygen atoms in total. The summed E-state index contributed by atoms with van der Waals surface area (Å²) in [5.74, 6) is 0.802. The zero-order valence-corrected chi connectivity index (χ0v) is 14.5. The van der Waals surface area contributed by atoms with E-state index in [9.17, 15) is 4.79 Å². The van der Waals surface area contributed by atoms with Crippen molar-refractivity contribution in [2.45, 2.75) is 33.2 Å². The Labute approximate surface area is 146 Å². The summed E-state index contributed by atoms with van der Waals surface area (Å²) in [4.78, 5) is 12.3. The topological polar surface area (TPSA) is 73.0 Å². The molecule has 25 heavy (non-hydrogen) atoms. The van der Waals surface area contributed by atoms with E-state index in [-0.39, 0.29) is 5.91 Å². The van der Waals surface area contributed by atoms with Crippen LogP contribution in [0.15, 0.2) is 47.2 Å². The minimum absolute atomic E-state index is 0.0546. The Morgan fingerprint density at radius 1 is 1.28 bits per heavy atom. The number of nitrogens with one attached hydrogen (secondary N) is 1. The molecular formula is C19H22N4O2. The predicted octanol–water partition coefficient (Wildman–Crippen LogP) is 2.90. The minimum Gasteiger partial charge on any atom is -0.361 e. The Morgan fingerprint density at radius 2 is 2.16 bits per heavy atom. The van der Waals surface area contributed by atoms with Gasteiger partial charge in [0.25, 0.3) is 5.91 Å². The van der Waals surface area contributed by atoms with Crippen LogP contribution in [-0.4, -0.2) is 27.4 Å². The molecule has 1 N–H and O–H groups in total.